The summed E-state index contributed by atoms with van der Waals surface area (Å²) in [6.45, 7) is 4.26. The Balaban J connectivity index is 2.10. The third kappa shape index (κ3) is 1.82. The lowest BCUT2D eigenvalue weighted by atomic mass is 10.1. The molecule has 0 radical (unpaired) electrons. The number of nitrogens with one attached hydrogen (secondary N) is 2. The molecule has 2 aromatic heterocycles. The smallest absolute Gasteiger partial charge is 0.327 e. The third-order valence-corrected chi connectivity index (χ3v) is 3.32. The molecule has 7 heteroatoms. The number of hydrogen-bond acceptors (Lipinski definition) is 5. The molecule has 0 amide bonds. The number of H-pyrrole nitrogens is 1. The predicted octanol–water partition coefficient (Wildman–Crippen LogP) is 0.953. The Morgan fingerprint density at radius 1 is 1.47 bits per heavy atom. The normalized spacial score (nSPS) is 18.3. The topological polar surface area (TPSA) is 104 Å². The fraction of sp³-hybridized carbons (Fsp3) is 0.417. The number of carboxylic acid groups (broad SMARTS) is 1. The third-order valence-electron chi connectivity index (χ3n) is 3.32. The van der Waals surface area contributed by atoms with Crippen LogP contribution in [0.5, 0.6) is 0 Å². The molecule has 1 aliphatic rings. The van der Waals surface area contributed by atoms with Crippen LogP contribution in [0.25, 0.3) is 11.4 Å². The van der Waals surface area contributed by atoms with Gasteiger partial charge in [0.05, 0.1) is 17.0 Å². The largest absolute Gasteiger partial charge is 0.480 e. The first kappa shape index (κ1) is 11.9. The summed E-state index contributed by atoms with van der Waals surface area (Å²) in [5.41, 5.74) is 2.96. The maximum absolute atomic E-state index is 11.2. The van der Waals surface area contributed by atoms with E-state index in [4.69, 9.17) is 4.52 Å². The summed E-state index contributed by atoms with van der Waals surface area (Å²) >= 11 is 0. The van der Waals surface area contributed by atoms with E-state index in [2.05, 4.69) is 20.4 Å². The van der Waals surface area contributed by atoms with Crippen molar-refractivity contribution in [1.29, 1.82) is 0 Å². The highest BCUT2D eigenvalue weighted by Crippen LogP contribution is 2.29. The zero-order valence-corrected chi connectivity index (χ0v) is 10.6. The Morgan fingerprint density at radius 2 is 2.26 bits per heavy atom. The zero-order valence-electron chi connectivity index (χ0n) is 10.6. The molecule has 1 atom stereocenters. The first-order chi connectivity index (χ1) is 9.08. The van der Waals surface area contributed by atoms with Crippen LogP contribution in [0.3, 0.4) is 0 Å². The summed E-state index contributed by atoms with van der Waals surface area (Å²) in [7, 11) is 0. The molecular weight excluding hydrogens is 248 g/mol. The highest BCUT2D eigenvalue weighted by molar-refractivity contribution is 5.76. The number of aryl methyl sites for hydroxylation is 2. The van der Waals surface area contributed by atoms with Gasteiger partial charge in [-0.1, -0.05) is 5.16 Å². The van der Waals surface area contributed by atoms with E-state index in [1.54, 1.807) is 0 Å². The molecule has 7 nitrogen and oxygen atoms in total. The van der Waals surface area contributed by atoms with Crippen molar-refractivity contribution in [3.63, 3.8) is 0 Å². The monoisotopic (exact) mass is 262 g/mol. The number of hydrogen-bond donors (Lipinski definition) is 3. The number of imidazole rings is 1. The van der Waals surface area contributed by atoms with Crippen LogP contribution in [-0.2, 0) is 11.2 Å². The maximum Gasteiger partial charge on any atom is 0.327 e. The van der Waals surface area contributed by atoms with Crippen molar-refractivity contribution in [3.05, 3.63) is 22.8 Å². The summed E-state index contributed by atoms with van der Waals surface area (Å²) in [5, 5.41) is 16.0. The van der Waals surface area contributed by atoms with Crippen molar-refractivity contribution in [2.24, 2.45) is 0 Å². The maximum atomic E-state index is 11.2. The van der Waals surface area contributed by atoms with Crippen LogP contribution in [0, 0.1) is 13.8 Å². The number of aromatic amines is 1. The van der Waals surface area contributed by atoms with E-state index >= 15 is 0 Å². The number of aromatic nitrogens is 3. The van der Waals surface area contributed by atoms with E-state index in [9.17, 15) is 9.90 Å². The standard InChI is InChI=1S/C12H14N4O3/c1-5-8(6(2)19-16-5)11-14-7-3-4-13-10(12(17)18)9(7)15-11/h10,13H,3-4H2,1-2H3,(H,14,15)(H,17,18). The summed E-state index contributed by atoms with van der Waals surface area (Å²) in [5.74, 6) is 0.373. The second-order valence-corrected chi connectivity index (χ2v) is 4.62. The summed E-state index contributed by atoms with van der Waals surface area (Å²) in [6, 6.07) is -0.755. The minimum Gasteiger partial charge on any atom is -0.480 e. The van der Waals surface area contributed by atoms with E-state index in [1.807, 2.05) is 13.8 Å². The molecule has 1 aliphatic heterocycles. The van der Waals surface area contributed by atoms with E-state index in [1.165, 1.54) is 0 Å². The van der Waals surface area contributed by atoms with Crippen LogP contribution in [0.2, 0.25) is 0 Å². The number of carboxylic acids is 1. The van der Waals surface area contributed by atoms with Gasteiger partial charge in [-0.3, -0.25) is 10.1 Å². The Morgan fingerprint density at radius 3 is 2.89 bits per heavy atom. The molecule has 19 heavy (non-hydrogen) atoms. The molecule has 0 fully saturated rings. The highest BCUT2D eigenvalue weighted by Gasteiger charge is 2.30. The highest BCUT2D eigenvalue weighted by atomic mass is 16.5. The van der Waals surface area contributed by atoms with Crippen LogP contribution < -0.4 is 5.32 Å². The van der Waals surface area contributed by atoms with Gasteiger partial charge in [0.25, 0.3) is 0 Å². The van der Waals surface area contributed by atoms with Gasteiger partial charge in [-0.15, -0.1) is 0 Å². The molecule has 0 saturated heterocycles. The molecule has 0 aliphatic carbocycles. The van der Waals surface area contributed by atoms with Crippen molar-refractivity contribution in [1.82, 2.24) is 20.4 Å². The lowest BCUT2D eigenvalue weighted by molar-refractivity contribution is -0.139. The molecule has 1 unspecified atom stereocenters. The summed E-state index contributed by atoms with van der Waals surface area (Å²) in [6.07, 6.45) is 0.732. The Bertz CT molecular complexity index is 624. The SMILES string of the molecule is Cc1noc(C)c1-c1nc2c([nH]1)CCNC2C(=O)O. The molecule has 0 bridgehead atoms. The van der Waals surface area contributed by atoms with Gasteiger partial charge in [0, 0.05) is 18.7 Å². The van der Waals surface area contributed by atoms with E-state index in [0.29, 0.717) is 23.8 Å². The van der Waals surface area contributed by atoms with Crippen molar-refractivity contribution >= 4 is 5.97 Å². The van der Waals surface area contributed by atoms with Crippen LogP contribution in [0.4, 0.5) is 0 Å². The average Bonchev–Trinajstić information content (AvgIpc) is 2.91. The molecule has 3 N–H and O–H groups in total. The molecule has 3 heterocycles. The second kappa shape index (κ2) is 4.20. The van der Waals surface area contributed by atoms with Gasteiger partial charge in [0.2, 0.25) is 0 Å². The molecule has 2 aromatic rings. The fourth-order valence-corrected chi connectivity index (χ4v) is 2.43. The molecule has 3 rings (SSSR count). The molecular formula is C12H14N4O3. The number of aliphatic carboxylic acids is 1. The fourth-order valence-electron chi connectivity index (χ4n) is 2.43. The Hall–Kier alpha value is -2.15. The van der Waals surface area contributed by atoms with Gasteiger partial charge < -0.3 is 14.6 Å². The predicted molar refractivity (Wildman–Crippen MR) is 65.6 cm³/mol. The van der Waals surface area contributed by atoms with Crippen LogP contribution in [0.1, 0.15) is 28.9 Å². The van der Waals surface area contributed by atoms with Crippen molar-refractivity contribution in [2.75, 3.05) is 6.54 Å². The second-order valence-electron chi connectivity index (χ2n) is 4.62. The Labute approximate surface area is 109 Å². The average molecular weight is 262 g/mol. The van der Waals surface area contributed by atoms with Gasteiger partial charge >= 0.3 is 5.97 Å². The zero-order chi connectivity index (χ0) is 13.6. The van der Waals surface area contributed by atoms with Gasteiger partial charge in [-0.25, -0.2) is 4.98 Å². The summed E-state index contributed by atoms with van der Waals surface area (Å²) < 4.78 is 5.11. The molecule has 0 saturated carbocycles. The first-order valence-electron chi connectivity index (χ1n) is 6.06. The number of nitrogens with zero attached hydrogens (tertiary/aromatic N) is 2. The molecule has 100 valence electrons. The van der Waals surface area contributed by atoms with Gasteiger partial charge in [0.15, 0.2) is 6.04 Å². The summed E-state index contributed by atoms with van der Waals surface area (Å²) in [4.78, 5) is 18.8. The Kier molecular flexibility index (Phi) is 2.63. The molecule has 0 aromatic carbocycles. The quantitative estimate of drug-likeness (QED) is 0.744. The number of fused-ring (bicyclic) bond motifs is 1. The number of rotatable bonds is 2. The van der Waals surface area contributed by atoms with Gasteiger partial charge in [0.1, 0.15) is 11.6 Å². The van der Waals surface area contributed by atoms with E-state index in [-0.39, 0.29) is 0 Å². The van der Waals surface area contributed by atoms with Crippen LogP contribution in [0.15, 0.2) is 4.52 Å². The first-order valence-corrected chi connectivity index (χ1v) is 6.06. The van der Waals surface area contributed by atoms with Crippen molar-refractivity contribution < 1.29 is 14.4 Å². The van der Waals surface area contributed by atoms with Gasteiger partial charge in [-0.2, -0.15) is 0 Å². The van der Waals surface area contributed by atoms with Crippen molar-refractivity contribution in [3.8, 4) is 11.4 Å². The number of carbonyl (C=O) groups is 1. The minimum absolute atomic E-state index is 0.550. The van der Waals surface area contributed by atoms with Gasteiger partial charge in [-0.05, 0) is 13.8 Å². The van der Waals surface area contributed by atoms with E-state index < -0.39 is 12.0 Å². The van der Waals surface area contributed by atoms with Crippen LogP contribution in [-0.4, -0.2) is 32.7 Å². The molecule has 0 spiro atoms. The van der Waals surface area contributed by atoms with E-state index in [0.717, 1.165) is 23.4 Å². The van der Waals surface area contributed by atoms with Crippen LogP contribution >= 0.6 is 0 Å². The lowest BCUT2D eigenvalue weighted by Gasteiger charge is -2.18. The van der Waals surface area contributed by atoms with Crippen molar-refractivity contribution in [2.45, 2.75) is 26.3 Å². The minimum atomic E-state index is -0.919. The lowest BCUT2D eigenvalue weighted by Crippen LogP contribution is -2.35.